The van der Waals surface area contributed by atoms with Crippen molar-refractivity contribution < 1.29 is 17.2 Å². The van der Waals surface area contributed by atoms with Crippen LogP contribution in [0.1, 0.15) is 12.1 Å². The number of aromatic amines is 1. The van der Waals surface area contributed by atoms with Crippen molar-refractivity contribution in [2.24, 2.45) is 5.14 Å². The molecule has 0 aliphatic heterocycles. The zero-order chi connectivity index (χ0) is 11.8. The second-order valence-electron chi connectivity index (χ2n) is 2.58. The highest BCUT2D eigenvalue weighted by Crippen LogP contribution is 2.20. The van der Waals surface area contributed by atoms with Crippen molar-refractivity contribution in [3.05, 3.63) is 27.1 Å². The Morgan fingerprint density at radius 2 is 2.00 bits per heavy atom. The number of halogens is 3. The van der Waals surface area contributed by atoms with E-state index in [1.165, 1.54) is 0 Å². The summed E-state index contributed by atoms with van der Waals surface area (Å²) in [7, 11) is -4.33. The van der Waals surface area contributed by atoms with E-state index in [-0.39, 0.29) is 0 Å². The minimum atomic E-state index is -4.33. The Hall–Kier alpha value is -0.990. The summed E-state index contributed by atoms with van der Waals surface area (Å²) in [6.07, 6.45) is -2.95. The fraction of sp³-hybridized carbons (Fsp3) is 0.167. The lowest BCUT2D eigenvalue weighted by molar-refractivity contribution is 0.146. The summed E-state index contributed by atoms with van der Waals surface area (Å²) in [5.41, 5.74) is -1.94. The molecule has 9 heteroatoms. The summed E-state index contributed by atoms with van der Waals surface area (Å²) in [5.74, 6) is 0. The molecule has 0 saturated carbocycles. The number of primary sulfonamides is 1. The SMILES string of the molecule is NS(=O)(=O)c1c(Cl)[nH]c(C(F)F)cc1=O. The summed E-state index contributed by atoms with van der Waals surface area (Å²) in [6, 6.07) is 0.441. The van der Waals surface area contributed by atoms with Crippen molar-refractivity contribution in [1.82, 2.24) is 4.98 Å². The van der Waals surface area contributed by atoms with Gasteiger partial charge in [-0.15, -0.1) is 0 Å². The van der Waals surface area contributed by atoms with Crippen LogP contribution < -0.4 is 10.6 Å². The van der Waals surface area contributed by atoms with Crippen LogP contribution >= 0.6 is 11.6 Å². The van der Waals surface area contributed by atoms with Crippen molar-refractivity contribution >= 4 is 21.6 Å². The number of H-pyrrole nitrogens is 1. The Labute approximate surface area is 87.9 Å². The molecule has 15 heavy (non-hydrogen) atoms. The lowest BCUT2D eigenvalue weighted by Crippen LogP contribution is -2.23. The fourth-order valence-electron chi connectivity index (χ4n) is 0.917. The van der Waals surface area contributed by atoms with Crippen molar-refractivity contribution in [3.63, 3.8) is 0 Å². The largest absolute Gasteiger partial charge is 0.343 e. The van der Waals surface area contributed by atoms with Gasteiger partial charge in [0.15, 0.2) is 4.90 Å². The van der Waals surface area contributed by atoms with Crippen LogP contribution in [-0.4, -0.2) is 13.4 Å². The quantitative estimate of drug-likeness (QED) is 0.761. The number of nitrogens with two attached hydrogens (primary N) is 1. The molecular formula is C6H5ClF2N2O3S. The molecule has 0 bridgehead atoms. The molecule has 1 aromatic heterocycles. The highest BCUT2D eigenvalue weighted by Gasteiger charge is 2.21. The third-order valence-corrected chi connectivity index (χ3v) is 2.85. The van der Waals surface area contributed by atoms with Crippen LogP contribution in [0, 0.1) is 0 Å². The van der Waals surface area contributed by atoms with Gasteiger partial charge in [-0.25, -0.2) is 22.3 Å². The molecular weight excluding hydrogens is 254 g/mol. The van der Waals surface area contributed by atoms with E-state index in [0.717, 1.165) is 0 Å². The first-order valence-corrected chi connectivity index (χ1v) is 5.39. The van der Waals surface area contributed by atoms with E-state index in [1.807, 2.05) is 4.98 Å². The van der Waals surface area contributed by atoms with E-state index in [0.29, 0.717) is 6.07 Å². The summed E-state index contributed by atoms with van der Waals surface area (Å²) in [4.78, 5) is 12.1. The number of rotatable bonds is 2. The van der Waals surface area contributed by atoms with Gasteiger partial charge in [-0.3, -0.25) is 4.79 Å². The van der Waals surface area contributed by atoms with Gasteiger partial charge in [0.25, 0.3) is 6.43 Å². The van der Waals surface area contributed by atoms with Gasteiger partial charge in [0.2, 0.25) is 15.5 Å². The van der Waals surface area contributed by atoms with E-state index in [1.54, 1.807) is 0 Å². The van der Waals surface area contributed by atoms with Crippen molar-refractivity contribution in [2.45, 2.75) is 11.3 Å². The van der Waals surface area contributed by atoms with Gasteiger partial charge in [0.05, 0.1) is 5.69 Å². The van der Waals surface area contributed by atoms with E-state index >= 15 is 0 Å². The van der Waals surface area contributed by atoms with E-state index in [4.69, 9.17) is 11.6 Å². The molecule has 1 rings (SSSR count). The third kappa shape index (κ3) is 2.52. The van der Waals surface area contributed by atoms with Crippen LogP contribution in [0.3, 0.4) is 0 Å². The first-order chi connectivity index (χ1) is 6.73. The smallest absolute Gasteiger partial charge is 0.278 e. The first-order valence-electron chi connectivity index (χ1n) is 3.47. The first kappa shape index (κ1) is 12.1. The van der Waals surface area contributed by atoms with E-state index < -0.39 is 37.6 Å². The van der Waals surface area contributed by atoms with Crippen molar-refractivity contribution in [2.75, 3.05) is 0 Å². The molecule has 0 unspecified atom stereocenters. The minimum Gasteiger partial charge on any atom is -0.343 e. The number of pyridine rings is 1. The summed E-state index contributed by atoms with van der Waals surface area (Å²) >= 11 is 5.32. The lowest BCUT2D eigenvalue weighted by Gasteiger charge is -2.04. The summed E-state index contributed by atoms with van der Waals surface area (Å²) < 4.78 is 46.0. The summed E-state index contributed by atoms with van der Waals surface area (Å²) in [6.45, 7) is 0. The number of hydrogen-bond acceptors (Lipinski definition) is 3. The minimum absolute atomic E-state index is 0.441. The van der Waals surface area contributed by atoms with Gasteiger partial charge in [0, 0.05) is 6.07 Å². The van der Waals surface area contributed by atoms with Crippen molar-refractivity contribution in [3.8, 4) is 0 Å². The third-order valence-electron chi connectivity index (χ3n) is 1.48. The van der Waals surface area contributed by atoms with Gasteiger partial charge in [-0.1, -0.05) is 11.6 Å². The normalized spacial score (nSPS) is 12.1. The van der Waals surface area contributed by atoms with Crippen LogP contribution in [0.15, 0.2) is 15.8 Å². The second-order valence-corrected chi connectivity index (χ2v) is 4.45. The molecule has 0 amide bonds. The Morgan fingerprint density at radius 1 is 1.47 bits per heavy atom. The maximum atomic E-state index is 12.1. The number of nitrogens with one attached hydrogen (secondary N) is 1. The molecule has 0 radical (unpaired) electrons. The van der Waals surface area contributed by atoms with Crippen LogP contribution in [-0.2, 0) is 10.0 Å². The van der Waals surface area contributed by atoms with E-state index in [9.17, 15) is 22.0 Å². The predicted octanol–water partition coefficient (Wildman–Crippen LogP) is 0.613. The van der Waals surface area contributed by atoms with Gasteiger partial charge >= 0.3 is 0 Å². The Morgan fingerprint density at radius 3 is 2.33 bits per heavy atom. The summed E-state index contributed by atoms with van der Waals surface area (Å²) in [5, 5.41) is 3.94. The molecule has 0 aliphatic rings. The Bertz CT molecular complexity index is 540. The predicted molar refractivity (Wildman–Crippen MR) is 48.4 cm³/mol. The highest BCUT2D eigenvalue weighted by molar-refractivity contribution is 7.89. The van der Waals surface area contributed by atoms with Crippen LogP contribution in [0.25, 0.3) is 0 Å². The van der Waals surface area contributed by atoms with Gasteiger partial charge in [-0.2, -0.15) is 0 Å². The van der Waals surface area contributed by atoms with Crippen molar-refractivity contribution in [1.29, 1.82) is 0 Å². The molecule has 3 N–H and O–H groups in total. The second kappa shape index (κ2) is 3.87. The molecule has 0 aliphatic carbocycles. The van der Waals surface area contributed by atoms with Gasteiger partial charge in [0.1, 0.15) is 5.15 Å². The Balaban J connectivity index is 3.56. The maximum absolute atomic E-state index is 12.1. The fourth-order valence-corrected chi connectivity index (χ4v) is 2.08. The van der Waals surface area contributed by atoms with Gasteiger partial charge in [-0.05, 0) is 0 Å². The molecule has 1 heterocycles. The Kier molecular flexibility index (Phi) is 3.12. The molecule has 1 aromatic rings. The lowest BCUT2D eigenvalue weighted by atomic mass is 10.3. The number of hydrogen-bond donors (Lipinski definition) is 2. The zero-order valence-corrected chi connectivity index (χ0v) is 8.57. The number of sulfonamides is 1. The number of aromatic nitrogens is 1. The monoisotopic (exact) mass is 258 g/mol. The van der Waals surface area contributed by atoms with Crippen LogP contribution in [0.4, 0.5) is 8.78 Å². The van der Waals surface area contributed by atoms with Crippen LogP contribution in [0.5, 0.6) is 0 Å². The standard InChI is InChI=1S/C6H5ClF2N2O3S/c7-5-4(15(10,13)14)3(12)1-2(11-5)6(8)9/h1,6H,(H,11,12)(H2,10,13,14). The highest BCUT2D eigenvalue weighted by atomic mass is 35.5. The molecule has 0 saturated heterocycles. The molecule has 5 nitrogen and oxygen atoms in total. The number of alkyl halides is 2. The average molecular weight is 259 g/mol. The average Bonchev–Trinajstić information content (AvgIpc) is 1.99. The van der Waals surface area contributed by atoms with Crippen LogP contribution in [0.2, 0.25) is 5.15 Å². The molecule has 84 valence electrons. The van der Waals surface area contributed by atoms with E-state index in [2.05, 4.69) is 5.14 Å². The zero-order valence-electron chi connectivity index (χ0n) is 7.00. The maximum Gasteiger partial charge on any atom is 0.278 e. The topological polar surface area (TPSA) is 93.0 Å². The molecule has 0 atom stereocenters. The molecule has 0 fully saturated rings. The molecule has 0 spiro atoms. The molecule has 0 aromatic carbocycles. The van der Waals surface area contributed by atoms with Gasteiger partial charge < -0.3 is 4.98 Å².